The molecule has 0 saturated carbocycles. The van der Waals surface area contributed by atoms with Gasteiger partial charge < -0.3 is 15.1 Å². The zero-order chi connectivity index (χ0) is 17.6. The molecule has 1 saturated heterocycles. The number of amides is 1. The van der Waals surface area contributed by atoms with Crippen LogP contribution in [0.5, 0.6) is 0 Å². The van der Waals surface area contributed by atoms with Gasteiger partial charge in [-0.2, -0.15) is 0 Å². The van der Waals surface area contributed by atoms with Gasteiger partial charge in [0.15, 0.2) is 0 Å². The molecule has 132 valence electrons. The average molecular weight is 339 g/mol. The molecule has 1 aromatic carbocycles. The first-order valence-corrected chi connectivity index (χ1v) is 8.91. The summed E-state index contributed by atoms with van der Waals surface area (Å²) in [4.78, 5) is 26.0. The van der Waals surface area contributed by atoms with Gasteiger partial charge in [-0.25, -0.2) is 9.97 Å². The molecule has 0 bridgehead atoms. The first-order chi connectivity index (χ1) is 12.2. The molecule has 1 N–H and O–H groups in total. The van der Waals surface area contributed by atoms with E-state index in [0.717, 1.165) is 50.4 Å². The van der Waals surface area contributed by atoms with Crippen molar-refractivity contribution in [3.05, 3.63) is 47.8 Å². The van der Waals surface area contributed by atoms with E-state index in [-0.39, 0.29) is 5.91 Å². The SMILES string of the molecule is CCc1ccccc1NC(=O)c1ccnc(N2CCN(CC)CC2)n1. The summed E-state index contributed by atoms with van der Waals surface area (Å²) in [6.45, 7) is 9.08. The molecule has 1 fully saturated rings. The Balaban J connectivity index is 1.72. The molecule has 2 aromatic rings. The van der Waals surface area contributed by atoms with Gasteiger partial charge in [0.25, 0.3) is 5.91 Å². The van der Waals surface area contributed by atoms with E-state index >= 15 is 0 Å². The summed E-state index contributed by atoms with van der Waals surface area (Å²) in [5.74, 6) is 0.434. The predicted molar refractivity (Wildman–Crippen MR) is 100 cm³/mol. The highest BCUT2D eigenvalue weighted by Gasteiger charge is 2.19. The molecule has 1 aliphatic rings. The van der Waals surface area contributed by atoms with Crippen molar-refractivity contribution in [1.82, 2.24) is 14.9 Å². The number of carbonyl (C=O) groups is 1. The number of likely N-dealkylation sites (N-methyl/N-ethyl adjacent to an activating group) is 1. The predicted octanol–water partition coefficient (Wildman–Crippen LogP) is 2.43. The van der Waals surface area contributed by atoms with Crippen molar-refractivity contribution in [2.24, 2.45) is 0 Å². The number of aryl methyl sites for hydroxylation is 1. The van der Waals surface area contributed by atoms with Crippen LogP contribution in [0.4, 0.5) is 11.6 Å². The first kappa shape index (κ1) is 17.4. The molecule has 25 heavy (non-hydrogen) atoms. The van der Waals surface area contributed by atoms with Crippen molar-refractivity contribution in [3.8, 4) is 0 Å². The maximum absolute atomic E-state index is 12.6. The fourth-order valence-corrected chi connectivity index (χ4v) is 3.03. The summed E-state index contributed by atoms with van der Waals surface area (Å²) >= 11 is 0. The van der Waals surface area contributed by atoms with Crippen LogP contribution in [-0.4, -0.2) is 53.5 Å². The molecule has 0 radical (unpaired) electrons. The minimum Gasteiger partial charge on any atom is -0.338 e. The van der Waals surface area contributed by atoms with Gasteiger partial charge in [-0.1, -0.05) is 32.0 Å². The topological polar surface area (TPSA) is 61.4 Å². The molecule has 6 heteroatoms. The van der Waals surface area contributed by atoms with Crippen molar-refractivity contribution in [3.63, 3.8) is 0 Å². The highest BCUT2D eigenvalue weighted by atomic mass is 16.1. The maximum atomic E-state index is 12.6. The molecule has 1 amide bonds. The van der Waals surface area contributed by atoms with Gasteiger partial charge in [-0.05, 0) is 30.7 Å². The van der Waals surface area contributed by atoms with Crippen molar-refractivity contribution >= 4 is 17.5 Å². The van der Waals surface area contributed by atoms with Crippen LogP contribution in [0.15, 0.2) is 36.5 Å². The number of anilines is 2. The maximum Gasteiger partial charge on any atom is 0.274 e. The lowest BCUT2D eigenvalue weighted by Gasteiger charge is -2.34. The Labute approximate surface area is 148 Å². The smallest absolute Gasteiger partial charge is 0.274 e. The van der Waals surface area contributed by atoms with Crippen LogP contribution < -0.4 is 10.2 Å². The number of nitrogens with one attached hydrogen (secondary N) is 1. The van der Waals surface area contributed by atoms with Crippen LogP contribution in [0.1, 0.15) is 29.9 Å². The minimum absolute atomic E-state index is 0.197. The summed E-state index contributed by atoms with van der Waals surface area (Å²) in [5.41, 5.74) is 2.35. The largest absolute Gasteiger partial charge is 0.338 e. The lowest BCUT2D eigenvalue weighted by atomic mass is 10.1. The van der Waals surface area contributed by atoms with E-state index in [1.54, 1.807) is 12.3 Å². The lowest BCUT2D eigenvalue weighted by Crippen LogP contribution is -2.46. The Morgan fingerprint density at radius 2 is 1.88 bits per heavy atom. The number of nitrogens with zero attached hydrogens (tertiary/aromatic N) is 4. The van der Waals surface area contributed by atoms with E-state index in [4.69, 9.17) is 0 Å². The first-order valence-electron chi connectivity index (χ1n) is 8.91. The van der Waals surface area contributed by atoms with Crippen LogP contribution in [0.2, 0.25) is 0 Å². The van der Waals surface area contributed by atoms with Crippen LogP contribution in [0.25, 0.3) is 0 Å². The molecule has 0 unspecified atom stereocenters. The molecular formula is C19H25N5O. The summed E-state index contributed by atoms with van der Waals surface area (Å²) in [6.07, 6.45) is 2.53. The monoisotopic (exact) mass is 339 g/mol. The van der Waals surface area contributed by atoms with E-state index in [9.17, 15) is 4.79 Å². The van der Waals surface area contributed by atoms with E-state index in [1.807, 2.05) is 24.3 Å². The molecule has 2 heterocycles. The second-order valence-corrected chi connectivity index (χ2v) is 6.13. The Morgan fingerprint density at radius 3 is 2.60 bits per heavy atom. The average Bonchev–Trinajstić information content (AvgIpc) is 2.68. The van der Waals surface area contributed by atoms with Crippen molar-refractivity contribution in [1.29, 1.82) is 0 Å². The second-order valence-electron chi connectivity index (χ2n) is 6.13. The van der Waals surface area contributed by atoms with Crippen molar-refractivity contribution in [2.45, 2.75) is 20.3 Å². The summed E-state index contributed by atoms with van der Waals surface area (Å²) in [5, 5.41) is 2.97. The fraction of sp³-hybridized carbons (Fsp3) is 0.421. The summed E-state index contributed by atoms with van der Waals surface area (Å²) < 4.78 is 0. The third-order valence-electron chi connectivity index (χ3n) is 4.62. The molecule has 1 aliphatic heterocycles. The van der Waals surface area contributed by atoms with Gasteiger partial charge in [0.2, 0.25) is 5.95 Å². The summed E-state index contributed by atoms with van der Waals surface area (Å²) in [7, 11) is 0. The fourth-order valence-electron chi connectivity index (χ4n) is 3.03. The van der Waals surface area contributed by atoms with Crippen molar-refractivity contribution in [2.75, 3.05) is 42.9 Å². The standard InChI is InChI=1S/C19H25N5O/c1-3-15-7-5-6-8-16(15)21-18(25)17-9-10-20-19(22-17)24-13-11-23(4-2)12-14-24/h5-10H,3-4,11-14H2,1-2H3,(H,21,25). The Morgan fingerprint density at radius 1 is 1.12 bits per heavy atom. The lowest BCUT2D eigenvalue weighted by molar-refractivity contribution is 0.102. The number of hydrogen-bond acceptors (Lipinski definition) is 5. The van der Waals surface area contributed by atoms with Gasteiger partial charge in [0, 0.05) is 38.1 Å². The van der Waals surface area contributed by atoms with Crippen LogP contribution in [0.3, 0.4) is 0 Å². The van der Waals surface area contributed by atoms with E-state index < -0.39 is 0 Å². The van der Waals surface area contributed by atoms with Gasteiger partial charge in [0.1, 0.15) is 5.69 Å². The Hall–Kier alpha value is -2.47. The molecule has 0 spiro atoms. The molecule has 6 nitrogen and oxygen atoms in total. The van der Waals surface area contributed by atoms with E-state index in [2.05, 4.69) is 38.9 Å². The normalized spacial score (nSPS) is 15.2. The third kappa shape index (κ3) is 4.14. The molecule has 0 aliphatic carbocycles. The quantitative estimate of drug-likeness (QED) is 0.906. The van der Waals surface area contributed by atoms with Gasteiger partial charge >= 0.3 is 0 Å². The highest BCUT2D eigenvalue weighted by molar-refractivity contribution is 6.03. The number of carbonyl (C=O) groups excluding carboxylic acids is 1. The van der Waals surface area contributed by atoms with Crippen molar-refractivity contribution < 1.29 is 4.79 Å². The van der Waals surface area contributed by atoms with Crippen LogP contribution >= 0.6 is 0 Å². The third-order valence-corrected chi connectivity index (χ3v) is 4.62. The second kappa shape index (κ2) is 8.07. The Kier molecular flexibility index (Phi) is 5.60. The zero-order valence-electron chi connectivity index (χ0n) is 14.9. The molecule has 0 atom stereocenters. The number of benzene rings is 1. The minimum atomic E-state index is -0.197. The van der Waals surface area contributed by atoms with E-state index in [0.29, 0.717) is 11.6 Å². The van der Waals surface area contributed by atoms with Gasteiger partial charge in [0.05, 0.1) is 0 Å². The molecular weight excluding hydrogens is 314 g/mol. The van der Waals surface area contributed by atoms with Crippen LogP contribution in [0, 0.1) is 0 Å². The number of hydrogen-bond donors (Lipinski definition) is 1. The number of rotatable bonds is 5. The number of para-hydroxylation sites is 1. The molecule has 3 rings (SSSR count). The highest BCUT2D eigenvalue weighted by Crippen LogP contribution is 2.17. The van der Waals surface area contributed by atoms with Gasteiger partial charge in [-0.3, -0.25) is 4.79 Å². The molecule has 1 aromatic heterocycles. The Bertz CT molecular complexity index is 725. The zero-order valence-corrected chi connectivity index (χ0v) is 14.9. The van der Waals surface area contributed by atoms with Crippen LogP contribution in [-0.2, 0) is 6.42 Å². The van der Waals surface area contributed by atoms with E-state index in [1.165, 1.54) is 0 Å². The van der Waals surface area contributed by atoms with Gasteiger partial charge in [-0.15, -0.1) is 0 Å². The summed E-state index contributed by atoms with van der Waals surface area (Å²) in [6, 6.07) is 9.51. The number of aromatic nitrogens is 2. The number of piperazine rings is 1.